The van der Waals surface area contributed by atoms with Crippen molar-refractivity contribution in [3.63, 3.8) is 0 Å². The summed E-state index contributed by atoms with van der Waals surface area (Å²) in [5.41, 5.74) is 0.931. The van der Waals surface area contributed by atoms with Crippen LogP contribution in [0.3, 0.4) is 0 Å². The predicted molar refractivity (Wildman–Crippen MR) is 80.6 cm³/mol. The molecule has 0 saturated carbocycles. The first-order chi connectivity index (χ1) is 9.36. The molecular weight excluding hydrogens is 254 g/mol. The van der Waals surface area contributed by atoms with Crippen molar-refractivity contribution in [2.45, 2.75) is 25.9 Å². The first kappa shape index (κ1) is 16.4. The average Bonchev–Trinajstić information content (AvgIpc) is 2.39. The number of carbonyl (C=O) groups excluding carboxylic acids is 1. The monoisotopic (exact) mass is 279 g/mol. The molecule has 1 atom stereocenters. The van der Waals surface area contributed by atoms with E-state index in [2.05, 4.69) is 9.97 Å². The van der Waals surface area contributed by atoms with Gasteiger partial charge in [-0.2, -0.15) is 0 Å². The largest absolute Gasteiger partial charge is 0.347 e. The molecule has 0 bridgehead atoms. The predicted octanol–water partition coefficient (Wildman–Crippen LogP) is 0.841. The Hall–Kier alpha value is -1.69. The third kappa shape index (κ3) is 4.16. The van der Waals surface area contributed by atoms with E-state index in [9.17, 15) is 4.79 Å². The highest BCUT2D eigenvalue weighted by molar-refractivity contribution is 5.81. The lowest BCUT2D eigenvalue weighted by molar-refractivity contribution is -0.135. The van der Waals surface area contributed by atoms with E-state index >= 15 is 0 Å². The fourth-order valence-electron chi connectivity index (χ4n) is 2.03. The maximum Gasteiger partial charge on any atom is 0.239 e. The zero-order valence-corrected chi connectivity index (χ0v) is 13.3. The van der Waals surface area contributed by atoms with Crippen LogP contribution in [-0.4, -0.2) is 67.0 Å². The number of anilines is 1. The van der Waals surface area contributed by atoms with Crippen LogP contribution in [0.4, 0.5) is 5.95 Å². The SMILES string of the molecule is CCC(C(=O)N(C)Cc1cnc(N(C)C)nc1)N(C)C. The van der Waals surface area contributed by atoms with Crippen molar-refractivity contribution < 1.29 is 4.79 Å². The van der Waals surface area contributed by atoms with Gasteiger partial charge in [-0.1, -0.05) is 6.92 Å². The van der Waals surface area contributed by atoms with Gasteiger partial charge in [-0.25, -0.2) is 9.97 Å². The van der Waals surface area contributed by atoms with Gasteiger partial charge in [0.2, 0.25) is 11.9 Å². The van der Waals surface area contributed by atoms with E-state index in [0.717, 1.165) is 12.0 Å². The Kier molecular flexibility index (Phi) is 5.88. The second-order valence-electron chi connectivity index (χ2n) is 5.37. The van der Waals surface area contributed by atoms with Crippen LogP contribution in [0.15, 0.2) is 12.4 Å². The van der Waals surface area contributed by atoms with Crippen molar-refractivity contribution in [1.82, 2.24) is 19.8 Å². The van der Waals surface area contributed by atoms with Crippen molar-refractivity contribution in [2.24, 2.45) is 0 Å². The maximum atomic E-state index is 12.3. The Labute approximate surface area is 121 Å². The van der Waals surface area contributed by atoms with Gasteiger partial charge < -0.3 is 9.80 Å². The number of nitrogens with zero attached hydrogens (tertiary/aromatic N) is 5. The molecule has 1 rings (SSSR count). The normalized spacial score (nSPS) is 12.3. The Morgan fingerprint density at radius 2 is 1.70 bits per heavy atom. The van der Waals surface area contributed by atoms with Gasteiger partial charge in [0.1, 0.15) is 0 Å². The van der Waals surface area contributed by atoms with Crippen molar-refractivity contribution in [3.8, 4) is 0 Å². The molecule has 112 valence electrons. The highest BCUT2D eigenvalue weighted by Gasteiger charge is 2.22. The number of carbonyl (C=O) groups is 1. The van der Waals surface area contributed by atoms with Crippen LogP contribution < -0.4 is 4.90 Å². The lowest BCUT2D eigenvalue weighted by atomic mass is 10.1. The summed E-state index contributed by atoms with van der Waals surface area (Å²) in [6.45, 7) is 2.54. The summed E-state index contributed by atoms with van der Waals surface area (Å²) in [5.74, 6) is 0.789. The Balaban J connectivity index is 2.70. The van der Waals surface area contributed by atoms with Crippen molar-refractivity contribution in [1.29, 1.82) is 0 Å². The minimum absolute atomic E-state index is 0.0815. The number of hydrogen-bond donors (Lipinski definition) is 0. The van der Waals surface area contributed by atoms with Crippen LogP contribution in [0, 0.1) is 0 Å². The van der Waals surface area contributed by atoms with E-state index in [1.54, 1.807) is 17.3 Å². The fourth-order valence-corrected chi connectivity index (χ4v) is 2.03. The maximum absolute atomic E-state index is 12.3. The van der Waals surface area contributed by atoms with Crippen LogP contribution in [0.2, 0.25) is 0 Å². The molecule has 0 aliphatic heterocycles. The van der Waals surface area contributed by atoms with Crippen molar-refractivity contribution in [2.75, 3.05) is 40.1 Å². The van der Waals surface area contributed by atoms with Gasteiger partial charge >= 0.3 is 0 Å². The molecule has 0 aromatic carbocycles. The third-order valence-corrected chi connectivity index (χ3v) is 3.18. The summed E-state index contributed by atoms with van der Waals surface area (Å²) < 4.78 is 0. The number of likely N-dealkylation sites (N-methyl/N-ethyl adjacent to an activating group) is 2. The summed E-state index contributed by atoms with van der Waals surface area (Å²) in [7, 11) is 9.46. The number of hydrogen-bond acceptors (Lipinski definition) is 5. The van der Waals surface area contributed by atoms with Crippen LogP contribution in [0.1, 0.15) is 18.9 Å². The molecule has 6 heteroatoms. The molecular formula is C14H25N5O. The van der Waals surface area contributed by atoms with Crippen molar-refractivity contribution >= 4 is 11.9 Å². The van der Waals surface area contributed by atoms with E-state index in [-0.39, 0.29) is 11.9 Å². The topological polar surface area (TPSA) is 52.6 Å². The molecule has 0 fully saturated rings. The minimum atomic E-state index is -0.0815. The second kappa shape index (κ2) is 7.19. The zero-order chi connectivity index (χ0) is 15.3. The fraction of sp³-hybridized carbons (Fsp3) is 0.643. The van der Waals surface area contributed by atoms with Gasteiger partial charge in [0.05, 0.1) is 6.04 Å². The van der Waals surface area contributed by atoms with Crippen LogP contribution >= 0.6 is 0 Å². The van der Waals surface area contributed by atoms with E-state index in [1.807, 2.05) is 52.0 Å². The van der Waals surface area contributed by atoms with Crippen LogP contribution in [-0.2, 0) is 11.3 Å². The molecule has 1 amide bonds. The number of aromatic nitrogens is 2. The van der Waals surface area contributed by atoms with Gasteiger partial charge in [0.25, 0.3) is 0 Å². The molecule has 0 N–H and O–H groups in total. The molecule has 0 saturated heterocycles. The molecule has 0 aliphatic rings. The minimum Gasteiger partial charge on any atom is -0.347 e. The van der Waals surface area contributed by atoms with Crippen molar-refractivity contribution in [3.05, 3.63) is 18.0 Å². The van der Waals surface area contributed by atoms with Gasteiger partial charge in [-0.05, 0) is 20.5 Å². The highest BCUT2D eigenvalue weighted by Crippen LogP contribution is 2.09. The molecule has 0 spiro atoms. The van der Waals surface area contributed by atoms with Gasteiger partial charge in [0, 0.05) is 45.6 Å². The summed E-state index contributed by atoms with van der Waals surface area (Å²) >= 11 is 0. The van der Waals surface area contributed by atoms with E-state index in [1.165, 1.54) is 0 Å². The van der Waals surface area contributed by atoms with E-state index < -0.39 is 0 Å². The molecule has 1 heterocycles. The molecule has 0 radical (unpaired) electrons. The molecule has 1 unspecified atom stereocenters. The Morgan fingerprint density at radius 3 is 2.10 bits per heavy atom. The number of rotatable bonds is 6. The lowest BCUT2D eigenvalue weighted by Crippen LogP contribution is -2.43. The summed E-state index contributed by atoms with van der Waals surface area (Å²) in [6, 6.07) is -0.0815. The first-order valence-electron chi connectivity index (χ1n) is 6.76. The Bertz CT molecular complexity index is 430. The summed E-state index contributed by atoms with van der Waals surface area (Å²) in [4.78, 5) is 26.4. The molecule has 6 nitrogen and oxygen atoms in total. The van der Waals surface area contributed by atoms with Crippen LogP contribution in [0.25, 0.3) is 0 Å². The van der Waals surface area contributed by atoms with E-state index in [0.29, 0.717) is 12.5 Å². The molecule has 0 aliphatic carbocycles. The van der Waals surface area contributed by atoms with E-state index in [4.69, 9.17) is 0 Å². The van der Waals surface area contributed by atoms with Gasteiger partial charge in [-0.15, -0.1) is 0 Å². The first-order valence-corrected chi connectivity index (χ1v) is 6.76. The third-order valence-electron chi connectivity index (χ3n) is 3.18. The zero-order valence-electron chi connectivity index (χ0n) is 13.3. The Morgan fingerprint density at radius 1 is 1.15 bits per heavy atom. The molecule has 1 aromatic heterocycles. The number of amides is 1. The summed E-state index contributed by atoms with van der Waals surface area (Å²) in [5, 5.41) is 0. The smallest absolute Gasteiger partial charge is 0.239 e. The quantitative estimate of drug-likeness (QED) is 0.772. The summed E-state index contributed by atoms with van der Waals surface area (Å²) in [6.07, 6.45) is 4.33. The van der Waals surface area contributed by atoms with Gasteiger partial charge in [-0.3, -0.25) is 9.69 Å². The average molecular weight is 279 g/mol. The lowest BCUT2D eigenvalue weighted by Gasteiger charge is -2.27. The second-order valence-corrected chi connectivity index (χ2v) is 5.37. The molecule has 20 heavy (non-hydrogen) atoms. The highest BCUT2D eigenvalue weighted by atomic mass is 16.2. The molecule has 1 aromatic rings. The standard InChI is InChI=1S/C14H25N5O/c1-7-12(17(2)3)13(20)19(6)10-11-8-15-14(16-9-11)18(4)5/h8-9,12H,7,10H2,1-6H3. The van der Waals surface area contributed by atoms with Gasteiger partial charge in [0.15, 0.2) is 0 Å². The van der Waals surface area contributed by atoms with Crippen LogP contribution in [0.5, 0.6) is 0 Å².